The second-order valence-corrected chi connectivity index (χ2v) is 10.7. The predicted molar refractivity (Wildman–Crippen MR) is 149 cm³/mol. The van der Waals surface area contributed by atoms with Crippen LogP contribution in [0.25, 0.3) is 0 Å². The van der Waals surface area contributed by atoms with Crippen LogP contribution < -0.4 is 14.8 Å². The third-order valence-corrected chi connectivity index (χ3v) is 7.19. The van der Waals surface area contributed by atoms with Crippen molar-refractivity contribution in [2.75, 3.05) is 64.7 Å². The topological polar surface area (TPSA) is 74.3 Å². The first-order valence-corrected chi connectivity index (χ1v) is 14.3. The zero-order chi connectivity index (χ0) is 28.6. The third-order valence-electron chi connectivity index (χ3n) is 7.19. The molecule has 2 atom stereocenters. The average molecular weight is 600 g/mol. The maximum absolute atomic E-state index is 13.1. The molecule has 4 aliphatic rings. The van der Waals surface area contributed by atoms with Gasteiger partial charge in [-0.2, -0.15) is 0 Å². The Labute approximate surface area is 243 Å². The van der Waals surface area contributed by atoms with Gasteiger partial charge in [0.15, 0.2) is 12.2 Å². The molecular weight excluding hydrogens is 565 g/mol. The van der Waals surface area contributed by atoms with Crippen molar-refractivity contribution < 1.29 is 27.8 Å². The molecule has 12 heteroatoms. The quantitative estimate of drug-likeness (QED) is 0.536. The lowest BCUT2D eigenvalue weighted by Crippen LogP contribution is -2.51. The van der Waals surface area contributed by atoms with Gasteiger partial charge in [-0.1, -0.05) is 0 Å². The fraction of sp³-hybridized carbons (Fsp3) is 0.500. The van der Waals surface area contributed by atoms with Crippen molar-refractivity contribution in [3.63, 3.8) is 0 Å². The van der Waals surface area contributed by atoms with E-state index in [1.807, 2.05) is 16.8 Å². The van der Waals surface area contributed by atoms with Crippen molar-refractivity contribution in [3.05, 3.63) is 59.2 Å². The van der Waals surface area contributed by atoms with Crippen molar-refractivity contribution in [3.8, 4) is 11.5 Å². The number of carbonyl (C=O) groups excluding carboxylic acids is 2. The normalized spacial score (nSPS) is 21.5. The molecule has 4 aliphatic heterocycles. The highest BCUT2D eigenvalue weighted by atomic mass is 35.5. The Morgan fingerprint density at radius 1 is 0.800 bits per heavy atom. The van der Waals surface area contributed by atoms with E-state index in [2.05, 4.69) is 10.2 Å². The van der Waals surface area contributed by atoms with E-state index in [1.165, 1.54) is 24.3 Å². The summed E-state index contributed by atoms with van der Waals surface area (Å²) in [7, 11) is 2.05. The standard InChI is InChI=1S/C14H17FN2O2.C13H15FN2O2.CH2Cl2/c1-16-4-6-17(7-5-16)14(18)13-9-10-8-11(15)2-3-12(10)19-13;14-10-1-2-11-9(7-10)8-12(18-11)13(17)16-5-3-15-4-6-16;2-1-3/h2-3,8,13H,4-7,9H2,1H3;1-2,7,12,15H,3-6,8H2;1H2. The molecule has 0 aromatic heterocycles. The number of alkyl halides is 2. The monoisotopic (exact) mass is 598 g/mol. The number of fused-ring (bicyclic) bond motifs is 2. The number of ether oxygens (including phenoxy) is 2. The summed E-state index contributed by atoms with van der Waals surface area (Å²) >= 11 is 9.53. The van der Waals surface area contributed by atoms with Gasteiger partial charge in [0.05, 0.1) is 5.34 Å². The van der Waals surface area contributed by atoms with E-state index in [0.717, 1.165) is 50.4 Å². The highest BCUT2D eigenvalue weighted by Gasteiger charge is 2.34. The molecule has 8 nitrogen and oxygen atoms in total. The number of amides is 2. The molecule has 2 unspecified atom stereocenters. The summed E-state index contributed by atoms with van der Waals surface area (Å²) in [5, 5.41) is 3.39. The van der Waals surface area contributed by atoms with Gasteiger partial charge in [-0.15, -0.1) is 23.2 Å². The van der Waals surface area contributed by atoms with Gasteiger partial charge in [-0.25, -0.2) is 8.78 Å². The van der Waals surface area contributed by atoms with E-state index in [-0.39, 0.29) is 28.8 Å². The summed E-state index contributed by atoms with van der Waals surface area (Å²) in [5.74, 6) is 0.722. The fourth-order valence-electron chi connectivity index (χ4n) is 5.03. The van der Waals surface area contributed by atoms with Crippen LogP contribution in [0.1, 0.15) is 11.1 Å². The molecule has 4 heterocycles. The van der Waals surface area contributed by atoms with E-state index in [0.29, 0.717) is 37.4 Å². The predicted octanol–water partition coefficient (Wildman–Crippen LogP) is 2.89. The molecule has 6 rings (SSSR count). The molecule has 0 saturated carbocycles. The average Bonchev–Trinajstić information content (AvgIpc) is 3.58. The molecule has 2 aromatic rings. The van der Waals surface area contributed by atoms with Crippen LogP contribution in [0.2, 0.25) is 0 Å². The van der Waals surface area contributed by atoms with Crippen LogP contribution in [-0.4, -0.2) is 103 Å². The smallest absolute Gasteiger partial charge is 0.264 e. The molecule has 2 aromatic carbocycles. The van der Waals surface area contributed by atoms with Gasteiger partial charge >= 0.3 is 0 Å². The Kier molecular flexibility index (Phi) is 10.8. The molecule has 2 fully saturated rings. The van der Waals surface area contributed by atoms with Crippen LogP contribution in [0.3, 0.4) is 0 Å². The minimum atomic E-state index is -0.486. The van der Waals surface area contributed by atoms with Crippen LogP contribution in [0.4, 0.5) is 8.78 Å². The highest BCUT2D eigenvalue weighted by molar-refractivity contribution is 6.40. The Morgan fingerprint density at radius 2 is 1.23 bits per heavy atom. The molecule has 40 heavy (non-hydrogen) atoms. The van der Waals surface area contributed by atoms with Crippen LogP contribution in [-0.2, 0) is 22.4 Å². The highest BCUT2D eigenvalue weighted by Crippen LogP contribution is 2.31. The molecule has 218 valence electrons. The van der Waals surface area contributed by atoms with Gasteiger partial charge < -0.3 is 29.5 Å². The second kappa shape index (κ2) is 14.3. The van der Waals surface area contributed by atoms with Crippen LogP contribution >= 0.6 is 23.2 Å². The number of halogens is 4. The Hall–Kier alpha value is -2.66. The number of piperazine rings is 2. The number of carbonyl (C=O) groups is 2. The number of hydrogen-bond acceptors (Lipinski definition) is 6. The lowest BCUT2D eigenvalue weighted by Gasteiger charge is -2.33. The van der Waals surface area contributed by atoms with Crippen molar-refractivity contribution in [1.82, 2.24) is 20.0 Å². The van der Waals surface area contributed by atoms with Crippen molar-refractivity contribution in [2.45, 2.75) is 25.0 Å². The van der Waals surface area contributed by atoms with E-state index >= 15 is 0 Å². The summed E-state index contributed by atoms with van der Waals surface area (Å²) in [6.07, 6.45) is -0.0335. The summed E-state index contributed by atoms with van der Waals surface area (Å²) in [6, 6.07) is 8.81. The lowest BCUT2D eigenvalue weighted by atomic mass is 10.1. The molecule has 0 bridgehead atoms. The third kappa shape index (κ3) is 7.75. The van der Waals surface area contributed by atoms with E-state index in [1.54, 1.807) is 12.1 Å². The Morgan fingerprint density at radius 3 is 1.68 bits per heavy atom. The first-order chi connectivity index (χ1) is 19.3. The van der Waals surface area contributed by atoms with E-state index in [4.69, 9.17) is 32.7 Å². The minimum absolute atomic E-state index is 0.00751. The summed E-state index contributed by atoms with van der Waals surface area (Å²) < 4.78 is 37.4. The second-order valence-electron chi connectivity index (χ2n) is 9.93. The van der Waals surface area contributed by atoms with Crippen LogP contribution in [0, 0.1) is 11.6 Å². The van der Waals surface area contributed by atoms with Crippen molar-refractivity contribution in [2.24, 2.45) is 0 Å². The Balaban J connectivity index is 0.000000169. The summed E-state index contributed by atoms with van der Waals surface area (Å²) in [5.41, 5.74) is 1.57. The first-order valence-electron chi connectivity index (χ1n) is 13.3. The fourth-order valence-corrected chi connectivity index (χ4v) is 5.03. The van der Waals surface area contributed by atoms with E-state index < -0.39 is 12.2 Å². The molecule has 0 aliphatic carbocycles. The summed E-state index contributed by atoms with van der Waals surface area (Å²) in [4.78, 5) is 30.4. The molecule has 0 spiro atoms. The molecular formula is C28H34Cl2F2N4O4. The number of benzene rings is 2. The largest absolute Gasteiger partial charge is 0.480 e. The Bertz CT molecular complexity index is 1180. The molecule has 2 amide bonds. The first kappa shape index (κ1) is 30.3. The van der Waals surface area contributed by atoms with Gasteiger partial charge in [-0.05, 0) is 43.4 Å². The lowest BCUT2D eigenvalue weighted by molar-refractivity contribution is -0.139. The number of rotatable bonds is 2. The summed E-state index contributed by atoms with van der Waals surface area (Å²) in [6.45, 7) is 6.31. The van der Waals surface area contributed by atoms with Crippen molar-refractivity contribution in [1.29, 1.82) is 0 Å². The number of likely N-dealkylation sites (N-methyl/N-ethyl adjacent to an activating group) is 1. The maximum Gasteiger partial charge on any atom is 0.264 e. The minimum Gasteiger partial charge on any atom is -0.480 e. The van der Waals surface area contributed by atoms with Gasteiger partial charge in [0, 0.05) is 76.3 Å². The number of hydrogen-bond donors (Lipinski definition) is 1. The van der Waals surface area contributed by atoms with Gasteiger partial charge in [0.2, 0.25) is 0 Å². The van der Waals surface area contributed by atoms with E-state index in [9.17, 15) is 18.4 Å². The van der Waals surface area contributed by atoms with Crippen LogP contribution in [0.5, 0.6) is 11.5 Å². The molecule has 2 saturated heterocycles. The number of nitrogens with zero attached hydrogens (tertiary/aromatic N) is 3. The molecule has 0 radical (unpaired) electrons. The number of nitrogens with one attached hydrogen (secondary N) is 1. The van der Waals surface area contributed by atoms with Gasteiger partial charge in [0.25, 0.3) is 11.8 Å². The van der Waals surface area contributed by atoms with Gasteiger partial charge in [0.1, 0.15) is 23.1 Å². The zero-order valence-electron chi connectivity index (χ0n) is 22.4. The van der Waals surface area contributed by atoms with Crippen molar-refractivity contribution >= 4 is 35.0 Å². The van der Waals surface area contributed by atoms with Gasteiger partial charge in [-0.3, -0.25) is 9.59 Å². The molecule has 1 N–H and O–H groups in total. The maximum atomic E-state index is 13.1. The SMILES string of the molecule is CN1CCN(C(=O)C2Cc3cc(F)ccc3O2)CC1.ClCCl.O=C(C1Cc2cc(F)ccc2O1)N1CCNCC1. The zero-order valence-corrected chi connectivity index (χ0v) is 23.9. The van der Waals surface area contributed by atoms with Crippen LogP contribution in [0.15, 0.2) is 36.4 Å².